The van der Waals surface area contributed by atoms with Crippen molar-refractivity contribution in [3.8, 4) is 17.2 Å². The van der Waals surface area contributed by atoms with Gasteiger partial charge in [-0.2, -0.15) is 0 Å². The highest BCUT2D eigenvalue weighted by Gasteiger charge is 2.55. The highest BCUT2D eigenvalue weighted by molar-refractivity contribution is 6.50. The Kier molecular flexibility index (Phi) is 6.38. The molecule has 184 valence electrons. The standard InChI is InChI=1S/C27H19Cl4NO4/c1-14(28)23(29)24(30)22-25(31)27(36-26(22)34)18-10-8-16(32(2)15-6-4-3-5-7-15)12-20(18)35-21-13-17(33)9-11-19(21)27/h4,6-13,33H,1,3,5H2,2H3/b24-23-. The molecule has 2 aromatic rings. The van der Waals surface area contributed by atoms with Gasteiger partial charge in [-0.05, 0) is 43.2 Å². The van der Waals surface area contributed by atoms with Crippen LogP contribution in [0.1, 0.15) is 24.0 Å². The molecule has 0 saturated carbocycles. The van der Waals surface area contributed by atoms with E-state index in [1.165, 1.54) is 12.1 Å². The van der Waals surface area contributed by atoms with Crippen molar-refractivity contribution in [1.82, 2.24) is 0 Å². The molecule has 0 bridgehead atoms. The van der Waals surface area contributed by atoms with Gasteiger partial charge in [0.2, 0.25) is 5.60 Å². The smallest absolute Gasteiger partial charge is 0.342 e. The van der Waals surface area contributed by atoms with E-state index in [0.717, 1.165) is 24.2 Å². The van der Waals surface area contributed by atoms with Crippen LogP contribution in [0, 0.1) is 0 Å². The summed E-state index contributed by atoms with van der Waals surface area (Å²) in [6.07, 6.45) is 8.30. The van der Waals surface area contributed by atoms with Gasteiger partial charge in [0.15, 0.2) is 0 Å². The third kappa shape index (κ3) is 3.82. The lowest BCUT2D eigenvalue weighted by Gasteiger charge is -2.36. The first-order valence-electron chi connectivity index (χ1n) is 11.0. The van der Waals surface area contributed by atoms with Crippen LogP contribution in [-0.4, -0.2) is 18.1 Å². The average Bonchev–Trinajstić information content (AvgIpc) is 3.12. The maximum Gasteiger partial charge on any atom is 0.342 e. The summed E-state index contributed by atoms with van der Waals surface area (Å²) in [5.74, 6) is -0.133. The van der Waals surface area contributed by atoms with E-state index >= 15 is 0 Å². The minimum atomic E-state index is -1.57. The Morgan fingerprint density at radius 3 is 2.44 bits per heavy atom. The molecule has 36 heavy (non-hydrogen) atoms. The van der Waals surface area contributed by atoms with Crippen LogP contribution in [-0.2, 0) is 15.1 Å². The topological polar surface area (TPSA) is 59.0 Å². The number of esters is 1. The van der Waals surface area contributed by atoms with Crippen molar-refractivity contribution in [3.63, 3.8) is 0 Å². The minimum absolute atomic E-state index is 0.0101. The van der Waals surface area contributed by atoms with Gasteiger partial charge in [0.25, 0.3) is 0 Å². The fourth-order valence-corrected chi connectivity index (χ4v) is 5.49. The van der Waals surface area contributed by atoms with Crippen LogP contribution >= 0.6 is 46.4 Å². The lowest BCUT2D eigenvalue weighted by atomic mass is 9.82. The summed E-state index contributed by atoms with van der Waals surface area (Å²) < 4.78 is 12.2. The molecule has 1 N–H and O–H groups in total. The number of anilines is 1. The van der Waals surface area contributed by atoms with Crippen molar-refractivity contribution in [2.24, 2.45) is 0 Å². The van der Waals surface area contributed by atoms with Crippen molar-refractivity contribution in [2.45, 2.75) is 18.4 Å². The molecule has 2 aromatic carbocycles. The summed E-state index contributed by atoms with van der Waals surface area (Å²) in [6, 6.07) is 9.99. The average molecular weight is 563 g/mol. The molecule has 3 aliphatic rings. The van der Waals surface area contributed by atoms with E-state index < -0.39 is 11.6 Å². The second kappa shape index (κ2) is 9.24. The number of phenols is 1. The Labute approximate surface area is 228 Å². The van der Waals surface area contributed by atoms with E-state index in [0.29, 0.717) is 16.9 Å². The Balaban J connectivity index is 1.73. The van der Waals surface area contributed by atoms with Gasteiger partial charge in [-0.1, -0.05) is 65.1 Å². The summed E-state index contributed by atoms with van der Waals surface area (Å²) in [5, 5.41) is 9.79. The number of hydrogen-bond donors (Lipinski definition) is 1. The van der Waals surface area contributed by atoms with Crippen molar-refractivity contribution in [3.05, 3.63) is 104 Å². The fraction of sp³-hybridized carbons (Fsp3) is 0.148. The molecule has 5 nitrogen and oxygen atoms in total. The first kappa shape index (κ1) is 24.8. The number of likely N-dealkylation sites (N-methyl/N-ethyl adjacent to an activating group) is 1. The third-order valence-corrected chi connectivity index (χ3v) is 7.92. The van der Waals surface area contributed by atoms with E-state index in [1.54, 1.807) is 12.1 Å². The second-order valence-corrected chi connectivity index (χ2v) is 10.0. The number of halogens is 4. The Morgan fingerprint density at radius 1 is 1.08 bits per heavy atom. The van der Waals surface area contributed by atoms with Gasteiger partial charge in [-0.25, -0.2) is 4.79 Å². The summed E-state index contributed by atoms with van der Waals surface area (Å²) in [5.41, 5.74) is 1.10. The molecule has 1 unspecified atom stereocenters. The molecule has 1 atom stereocenters. The quantitative estimate of drug-likeness (QED) is 0.303. The molecule has 0 saturated heterocycles. The highest BCUT2D eigenvalue weighted by atomic mass is 35.5. The number of aromatic hydroxyl groups is 1. The lowest BCUT2D eigenvalue weighted by molar-refractivity contribution is -0.144. The van der Waals surface area contributed by atoms with Gasteiger partial charge in [-0.3, -0.25) is 0 Å². The number of benzene rings is 2. The van der Waals surface area contributed by atoms with Crippen LogP contribution in [0.15, 0.2) is 92.6 Å². The number of carbonyl (C=O) groups is 1. The van der Waals surface area contributed by atoms with Crippen LogP contribution in [0.5, 0.6) is 17.2 Å². The predicted octanol–water partition coefficient (Wildman–Crippen LogP) is 7.90. The predicted molar refractivity (Wildman–Crippen MR) is 143 cm³/mol. The molecule has 0 fully saturated rings. The number of phenolic OH excluding ortho intramolecular Hbond substituents is 1. The Hall–Kier alpha value is -2.83. The number of ether oxygens (including phenoxy) is 2. The first-order chi connectivity index (χ1) is 17.1. The summed E-state index contributed by atoms with van der Waals surface area (Å²) in [6.45, 7) is 3.56. The SMILES string of the molecule is C=C(Cl)/C(Cl)=C(/Cl)C1=C(Cl)C2(OC1=O)c1ccc(O)cc1Oc1cc(N(C)C3=CCCC=C3)ccc12. The Bertz CT molecular complexity index is 1460. The first-order valence-corrected chi connectivity index (χ1v) is 12.5. The van der Waals surface area contributed by atoms with Crippen LogP contribution in [0.25, 0.3) is 0 Å². The number of fused-ring (bicyclic) bond motifs is 4. The van der Waals surface area contributed by atoms with Crippen molar-refractivity contribution >= 4 is 58.1 Å². The summed E-state index contributed by atoms with van der Waals surface area (Å²) in [4.78, 5) is 15.2. The zero-order valence-electron chi connectivity index (χ0n) is 18.9. The molecule has 5 rings (SSSR count). The molecule has 0 amide bonds. The number of nitrogens with zero attached hydrogens (tertiary/aromatic N) is 1. The molecule has 0 radical (unpaired) electrons. The third-order valence-electron chi connectivity index (χ3n) is 6.29. The zero-order valence-corrected chi connectivity index (χ0v) is 22.0. The summed E-state index contributed by atoms with van der Waals surface area (Å²) in [7, 11) is 1.95. The molecule has 2 heterocycles. The van der Waals surface area contributed by atoms with Crippen molar-refractivity contribution in [2.75, 3.05) is 11.9 Å². The minimum Gasteiger partial charge on any atom is -0.508 e. The van der Waals surface area contributed by atoms with Gasteiger partial charge >= 0.3 is 5.97 Å². The molecule has 0 aromatic heterocycles. The largest absolute Gasteiger partial charge is 0.508 e. The van der Waals surface area contributed by atoms with E-state index in [-0.39, 0.29) is 37.2 Å². The van der Waals surface area contributed by atoms with E-state index in [1.807, 2.05) is 24.1 Å². The molecule has 2 aliphatic heterocycles. The zero-order chi connectivity index (χ0) is 25.8. The van der Waals surface area contributed by atoms with Crippen LogP contribution in [0.4, 0.5) is 5.69 Å². The van der Waals surface area contributed by atoms with Gasteiger partial charge in [0, 0.05) is 41.7 Å². The van der Waals surface area contributed by atoms with Crippen LogP contribution < -0.4 is 9.64 Å². The highest BCUT2D eigenvalue weighted by Crippen LogP contribution is 2.59. The normalized spacial score (nSPS) is 20.8. The van der Waals surface area contributed by atoms with Gasteiger partial charge in [0.05, 0.1) is 25.7 Å². The summed E-state index contributed by atoms with van der Waals surface area (Å²) >= 11 is 25.4. The van der Waals surface area contributed by atoms with E-state index in [4.69, 9.17) is 55.9 Å². The second-order valence-electron chi connectivity index (χ2n) is 8.42. The Morgan fingerprint density at radius 2 is 1.78 bits per heavy atom. The van der Waals surface area contributed by atoms with E-state index in [2.05, 4.69) is 24.8 Å². The van der Waals surface area contributed by atoms with Gasteiger partial charge < -0.3 is 19.5 Å². The molecule has 9 heteroatoms. The van der Waals surface area contributed by atoms with Gasteiger partial charge in [-0.15, -0.1) is 0 Å². The molecular weight excluding hydrogens is 544 g/mol. The van der Waals surface area contributed by atoms with Crippen molar-refractivity contribution in [1.29, 1.82) is 0 Å². The molecule has 1 aliphatic carbocycles. The maximum absolute atomic E-state index is 13.2. The monoisotopic (exact) mass is 561 g/mol. The molecular formula is C27H19Cl4NO4. The number of allylic oxidation sites excluding steroid dienone is 5. The van der Waals surface area contributed by atoms with Crippen LogP contribution in [0.3, 0.4) is 0 Å². The maximum atomic E-state index is 13.2. The molecule has 1 spiro atoms. The lowest BCUT2D eigenvalue weighted by Crippen LogP contribution is -2.33. The number of carbonyl (C=O) groups excluding carboxylic acids is 1. The number of hydrogen-bond acceptors (Lipinski definition) is 5. The fourth-order valence-electron chi connectivity index (χ4n) is 4.50. The number of rotatable bonds is 4. The van der Waals surface area contributed by atoms with E-state index in [9.17, 15) is 9.90 Å². The van der Waals surface area contributed by atoms with Gasteiger partial charge in [0.1, 0.15) is 17.2 Å². The van der Waals surface area contributed by atoms with Crippen molar-refractivity contribution < 1.29 is 19.4 Å². The van der Waals surface area contributed by atoms with Crippen LogP contribution in [0.2, 0.25) is 0 Å².